The first kappa shape index (κ1) is 20.3. The van der Waals surface area contributed by atoms with Gasteiger partial charge in [-0.15, -0.1) is 23.5 Å². The number of aryl methyl sites for hydroxylation is 1. The van der Waals surface area contributed by atoms with Gasteiger partial charge in [0.15, 0.2) is 6.20 Å². The Bertz CT molecular complexity index is 382. The molecule has 0 N–H and O–H groups in total. The standard InChI is InChI=1S/C16H26NS2.HI/c1-4-6-12-18-16(19-13-7-5-2)14-15-10-8-9-11-17(15)3;/h8-11,14H,4-7,12-13H2,1-3H3;1H/q+1;/p-1. The largest absolute Gasteiger partial charge is 1.00 e. The minimum Gasteiger partial charge on any atom is -1.00 e. The highest BCUT2D eigenvalue weighted by atomic mass is 127. The molecule has 0 aliphatic rings. The minimum absolute atomic E-state index is 0. The third kappa shape index (κ3) is 8.57. The van der Waals surface area contributed by atoms with Gasteiger partial charge >= 0.3 is 0 Å². The van der Waals surface area contributed by atoms with Crippen LogP contribution in [0, 0.1) is 0 Å². The SMILES string of the molecule is CCCCSC(=Cc1cccc[n+]1C)SCCCC.[I-]. The molecule has 1 nitrogen and oxygen atoms in total. The molecule has 0 atom stereocenters. The lowest BCUT2D eigenvalue weighted by Crippen LogP contribution is -3.00. The van der Waals surface area contributed by atoms with Crippen molar-refractivity contribution in [1.82, 2.24) is 0 Å². The van der Waals surface area contributed by atoms with E-state index < -0.39 is 0 Å². The van der Waals surface area contributed by atoms with Gasteiger partial charge in [-0.25, -0.2) is 4.57 Å². The summed E-state index contributed by atoms with van der Waals surface area (Å²) in [5.41, 5.74) is 1.28. The normalized spacial score (nSPS) is 9.95. The topological polar surface area (TPSA) is 3.88 Å². The van der Waals surface area contributed by atoms with Crippen molar-refractivity contribution in [2.24, 2.45) is 7.05 Å². The molecule has 114 valence electrons. The van der Waals surface area contributed by atoms with E-state index in [1.807, 2.05) is 23.5 Å². The first-order valence-corrected chi connectivity index (χ1v) is 9.17. The molecule has 4 heteroatoms. The Kier molecular flexibility index (Phi) is 13.2. The second kappa shape index (κ2) is 13.0. The van der Waals surface area contributed by atoms with E-state index in [1.54, 1.807) is 0 Å². The summed E-state index contributed by atoms with van der Waals surface area (Å²) in [5, 5.41) is 0. The van der Waals surface area contributed by atoms with Crippen LogP contribution in [-0.2, 0) is 7.05 Å². The van der Waals surface area contributed by atoms with Gasteiger partial charge in [-0.2, -0.15) is 0 Å². The molecule has 0 bridgehead atoms. The van der Waals surface area contributed by atoms with Gasteiger partial charge in [0, 0.05) is 22.4 Å². The molecular formula is C16H26INS2. The zero-order valence-corrected chi connectivity index (χ0v) is 16.6. The molecular weight excluding hydrogens is 397 g/mol. The van der Waals surface area contributed by atoms with Gasteiger partial charge in [0.2, 0.25) is 5.69 Å². The molecule has 0 amide bonds. The van der Waals surface area contributed by atoms with Gasteiger partial charge in [0.05, 0.1) is 0 Å². The molecule has 0 spiro atoms. The van der Waals surface area contributed by atoms with E-state index in [9.17, 15) is 0 Å². The monoisotopic (exact) mass is 423 g/mol. The van der Waals surface area contributed by atoms with Crippen LogP contribution in [0.1, 0.15) is 45.2 Å². The van der Waals surface area contributed by atoms with Crippen molar-refractivity contribution in [1.29, 1.82) is 0 Å². The Morgan fingerprint density at radius 2 is 1.70 bits per heavy atom. The zero-order chi connectivity index (χ0) is 13.9. The Morgan fingerprint density at radius 3 is 2.20 bits per heavy atom. The third-order valence-electron chi connectivity index (χ3n) is 2.85. The minimum atomic E-state index is 0. The zero-order valence-electron chi connectivity index (χ0n) is 12.8. The maximum absolute atomic E-state index is 2.33. The molecule has 0 aliphatic heterocycles. The van der Waals surface area contributed by atoms with Crippen LogP contribution >= 0.6 is 23.5 Å². The number of hydrogen-bond donors (Lipinski definition) is 0. The molecule has 20 heavy (non-hydrogen) atoms. The van der Waals surface area contributed by atoms with Gasteiger partial charge in [-0.05, 0) is 30.4 Å². The molecule has 1 rings (SSSR count). The lowest BCUT2D eigenvalue weighted by atomic mass is 10.3. The highest BCUT2D eigenvalue weighted by Gasteiger charge is 2.05. The van der Waals surface area contributed by atoms with E-state index in [2.05, 4.69) is 55.9 Å². The van der Waals surface area contributed by atoms with Crippen LogP contribution in [0.25, 0.3) is 6.08 Å². The molecule has 0 unspecified atom stereocenters. The maximum Gasteiger partial charge on any atom is 0.206 e. The third-order valence-corrected chi connectivity index (χ3v) is 5.34. The average molecular weight is 423 g/mol. The van der Waals surface area contributed by atoms with Gasteiger partial charge in [0.25, 0.3) is 0 Å². The summed E-state index contributed by atoms with van der Waals surface area (Å²) in [5.74, 6) is 2.47. The summed E-state index contributed by atoms with van der Waals surface area (Å²) in [6.45, 7) is 4.51. The molecule has 0 radical (unpaired) electrons. The fraction of sp³-hybridized carbons (Fsp3) is 0.562. The van der Waals surface area contributed by atoms with E-state index in [4.69, 9.17) is 0 Å². The quantitative estimate of drug-likeness (QED) is 0.339. The van der Waals surface area contributed by atoms with Crippen molar-refractivity contribution in [3.63, 3.8) is 0 Å². The van der Waals surface area contributed by atoms with Crippen LogP contribution in [0.5, 0.6) is 0 Å². The molecule has 0 aliphatic carbocycles. The van der Waals surface area contributed by atoms with Crippen LogP contribution in [0.15, 0.2) is 28.6 Å². The summed E-state index contributed by atoms with van der Waals surface area (Å²) < 4.78 is 3.64. The van der Waals surface area contributed by atoms with Gasteiger partial charge in [0.1, 0.15) is 7.05 Å². The van der Waals surface area contributed by atoms with E-state index in [-0.39, 0.29) is 24.0 Å². The van der Waals surface area contributed by atoms with Crippen molar-refractivity contribution >= 4 is 29.6 Å². The van der Waals surface area contributed by atoms with Crippen molar-refractivity contribution in [3.05, 3.63) is 34.3 Å². The van der Waals surface area contributed by atoms with Crippen LogP contribution < -0.4 is 28.5 Å². The van der Waals surface area contributed by atoms with Crippen molar-refractivity contribution in [2.45, 2.75) is 39.5 Å². The molecule has 0 saturated carbocycles. The van der Waals surface area contributed by atoms with E-state index in [0.717, 1.165) is 0 Å². The lowest BCUT2D eigenvalue weighted by molar-refractivity contribution is -0.673. The Labute approximate surface area is 150 Å². The number of thioether (sulfide) groups is 2. The molecule has 1 aromatic heterocycles. The number of unbranched alkanes of at least 4 members (excludes halogenated alkanes) is 2. The molecule has 0 aromatic carbocycles. The summed E-state index contributed by atoms with van der Waals surface area (Å²) in [6, 6.07) is 6.36. The number of hydrogen-bond acceptors (Lipinski definition) is 2. The van der Waals surface area contributed by atoms with Crippen molar-refractivity contribution in [3.8, 4) is 0 Å². The van der Waals surface area contributed by atoms with Gasteiger partial charge in [-0.3, -0.25) is 0 Å². The summed E-state index contributed by atoms with van der Waals surface area (Å²) in [7, 11) is 2.11. The van der Waals surface area contributed by atoms with Gasteiger partial charge < -0.3 is 24.0 Å². The number of halogens is 1. The number of rotatable bonds is 9. The predicted molar refractivity (Wildman–Crippen MR) is 90.3 cm³/mol. The number of pyridine rings is 1. The molecule has 0 saturated heterocycles. The van der Waals surface area contributed by atoms with Crippen molar-refractivity contribution in [2.75, 3.05) is 11.5 Å². The number of nitrogens with zero attached hydrogens (tertiary/aromatic N) is 1. The van der Waals surface area contributed by atoms with Crippen LogP contribution in [0.3, 0.4) is 0 Å². The Hall–Kier alpha value is 0.320. The lowest BCUT2D eigenvalue weighted by Gasteiger charge is -2.06. The van der Waals surface area contributed by atoms with E-state index >= 15 is 0 Å². The smallest absolute Gasteiger partial charge is 0.206 e. The Morgan fingerprint density at radius 1 is 1.10 bits per heavy atom. The van der Waals surface area contributed by atoms with Crippen LogP contribution in [-0.4, -0.2) is 11.5 Å². The fourth-order valence-electron chi connectivity index (χ4n) is 1.57. The maximum atomic E-state index is 2.33. The average Bonchev–Trinajstić information content (AvgIpc) is 2.41. The van der Waals surface area contributed by atoms with Gasteiger partial charge in [-0.1, -0.05) is 26.7 Å². The first-order chi connectivity index (χ1) is 9.27. The fourth-order valence-corrected chi connectivity index (χ4v) is 4.08. The van der Waals surface area contributed by atoms with E-state index in [1.165, 1.54) is 47.1 Å². The summed E-state index contributed by atoms with van der Waals surface area (Å²) in [4.78, 5) is 0. The Balaban J connectivity index is 0.00000361. The van der Waals surface area contributed by atoms with Crippen LogP contribution in [0.4, 0.5) is 0 Å². The van der Waals surface area contributed by atoms with Crippen molar-refractivity contribution < 1.29 is 28.5 Å². The first-order valence-electron chi connectivity index (χ1n) is 7.19. The summed E-state index contributed by atoms with van der Waals surface area (Å²) in [6.07, 6.45) is 9.60. The highest BCUT2D eigenvalue weighted by Crippen LogP contribution is 2.31. The van der Waals surface area contributed by atoms with E-state index in [0.29, 0.717) is 0 Å². The van der Waals surface area contributed by atoms with Crippen LogP contribution in [0.2, 0.25) is 0 Å². The second-order valence-electron chi connectivity index (χ2n) is 4.60. The predicted octanol–water partition coefficient (Wildman–Crippen LogP) is 1.88. The molecule has 1 aromatic rings. The second-order valence-corrected chi connectivity index (χ2v) is 7.14. The molecule has 1 heterocycles. The molecule has 0 fully saturated rings. The highest BCUT2D eigenvalue weighted by molar-refractivity contribution is 8.22. The number of aromatic nitrogens is 1. The summed E-state index contributed by atoms with van der Waals surface area (Å²) >= 11 is 4.02.